The molecule has 18 heavy (non-hydrogen) atoms. The van der Waals surface area contributed by atoms with Crippen molar-refractivity contribution in [3.8, 4) is 0 Å². The Balaban J connectivity index is 2.35. The zero-order valence-corrected chi connectivity index (χ0v) is 10.4. The van der Waals surface area contributed by atoms with Gasteiger partial charge in [0, 0.05) is 6.61 Å². The maximum atomic E-state index is 13.5. The van der Waals surface area contributed by atoms with Crippen molar-refractivity contribution in [2.75, 3.05) is 11.9 Å². The van der Waals surface area contributed by atoms with Crippen LogP contribution in [0.1, 0.15) is 30.6 Å². The summed E-state index contributed by atoms with van der Waals surface area (Å²) in [7, 11) is 0. The van der Waals surface area contributed by atoms with Gasteiger partial charge >= 0.3 is 5.97 Å². The fraction of sp³-hybridized carbons (Fsp3) is 0.462. The van der Waals surface area contributed by atoms with Crippen LogP contribution in [0.4, 0.5) is 10.1 Å². The summed E-state index contributed by atoms with van der Waals surface area (Å²) in [5, 5.41) is 12.2. The molecule has 0 bridgehead atoms. The van der Waals surface area contributed by atoms with Crippen LogP contribution in [0.5, 0.6) is 0 Å². The van der Waals surface area contributed by atoms with E-state index >= 15 is 0 Å². The smallest absolute Gasteiger partial charge is 0.340 e. The summed E-state index contributed by atoms with van der Waals surface area (Å²) < 4.78 is 19.0. The molecule has 1 aliphatic rings. The Labute approximate surface area is 105 Å². The maximum absolute atomic E-state index is 13.5. The molecule has 0 aromatic heterocycles. The van der Waals surface area contributed by atoms with Crippen LogP contribution in [0.3, 0.4) is 0 Å². The minimum Gasteiger partial charge on any atom is -0.478 e. The maximum Gasteiger partial charge on any atom is 0.340 e. The summed E-state index contributed by atoms with van der Waals surface area (Å²) in [5.41, 5.74) is -0.405. The molecule has 0 radical (unpaired) electrons. The third-order valence-electron chi connectivity index (χ3n) is 3.53. The molecular formula is C13H16FNO3. The van der Waals surface area contributed by atoms with Crippen molar-refractivity contribution in [1.82, 2.24) is 0 Å². The molecule has 1 aromatic carbocycles. The van der Waals surface area contributed by atoms with E-state index in [2.05, 4.69) is 5.32 Å². The average Bonchev–Trinajstić information content (AvgIpc) is 2.58. The molecule has 1 aliphatic heterocycles. The second-order valence-corrected chi connectivity index (χ2v) is 4.77. The molecule has 1 fully saturated rings. The minimum absolute atomic E-state index is 0.0533. The molecule has 2 N–H and O–H groups in total. The first-order chi connectivity index (χ1) is 8.44. The van der Waals surface area contributed by atoms with Crippen LogP contribution in [0.15, 0.2) is 18.2 Å². The quantitative estimate of drug-likeness (QED) is 0.869. The van der Waals surface area contributed by atoms with Gasteiger partial charge in [-0.2, -0.15) is 0 Å². The lowest BCUT2D eigenvalue weighted by Crippen LogP contribution is -2.41. The van der Waals surface area contributed by atoms with Gasteiger partial charge in [-0.05, 0) is 32.4 Å². The van der Waals surface area contributed by atoms with E-state index in [0.29, 0.717) is 12.3 Å². The molecule has 2 unspecified atom stereocenters. The number of carbonyl (C=O) groups is 1. The number of carboxylic acid groups (broad SMARTS) is 1. The number of hydrogen-bond donors (Lipinski definition) is 2. The highest BCUT2D eigenvalue weighted by Gasteiger charge is 2.37. The highest BCUT2D eigenvalue weighted by atomic mass is 19.1. The van der Waals surface area contributed by atoms with Gasteiger partial charge < -0.3 is 15.2 Å². The van der Waals surface area contributed by atoms with E-state index in [-0.39, 0.29) is 17.2 Å². The normalized spacial score (nSPS) is 27.2. The zero-order valence-electron chi connectivity index (χ0n) is 10.4. The van der Waals surface area contributed by atoms with E-state index in [1.165, 1.54) is 6.07 Å². The molecule has 0 saturated carbocycles. The van der Waals surface area contributed by atoms with Gasteiger partial charge in [-0.25, -0.2) is 9.18 Å². The summed E-state index contributed by atoms with van der Waals surface area (Å²) in [5.74, 6) is -2.01. The topological polar surface area (TPSA) is 58.6 Å². The van der Waals surface area contributed by atoms with Crippen molar-refractivity contribution < 1.29 is 19.0 Å². The number of hydrogen-bond acceptors (Lipinski definition) is 3. The number of rotatable bonds is 3. The Morgan fingerprint density at radius 3 is 2.89 bits per heavy atom. The molecule has 5 heteroatoms. The van der Waals surface area contributed by atoms with Crippen molar-refractivity contribution in [3.63, 3.8) is 0 Å². The molecule has 0 aliphatic carbocycles. The first kappa shape index (κ1) is 12.8. The van der Waals surface area contributed by atoms with Crippen LogP contribution in [0.25, 0.3) is 0 Å². The van der Waals surface area contributed by atoms with E-state index in [9.17, 15) is 9.18 Å². The van der Waals surface area contributed by atoms with E-state index in [0.717, 1.165) is 12.5 Å². The summed E-state index contributed by atoms with van der Waals surface area (Å²) in [4.78, 5) is 11.1. The predicted molar refractivity (Wildman–Crippen MR) is 65.4 cm³/mol. The molecule has 98 valence electrons. The molecule has 1 aromatic rings. The van der Waals surface area contributed by atoms with Crippen molar-refractivity contribution in [3.05, 3.63) is 29.6 Å². The molecule has 0 spiro atoms. The van der Waals surface area contributed by atoms with E-state index in [4.69, 9.17) is 9.84 Å². The van der Waals surface area contributed by atoms with Crippen LogP contribution in [-0.4, -0.2) is 29.3 Å². The first-order valence-corrected chi connectivity index (χ1v) is 5.85. The van der Waals surface area contributed by atoms with E-state index in [1.807, 2.05) is 13.8 Å². The Morgan fingerprint density at radius 2 is 2.33 bits per heavy atom. The first-order valence-electron chi connectivity index (χ1n) is 5.85. The van der Waals surface area contributed by atoms with Crippen LogP contribution in [-0.2, 0) is 4.74 Å². The fourth-order valence-corrected chi connectivity index (χ4v) is 2.15. The van der Waals surface area contributed by atoms with Crippen LogP contribution in [0.2, 0.25) is 0 Å². The highest BCUT2D eigenvalue weighted by molar-refractivity contribution is 5.94. The van der Waals surface area contributed by atoms with Crippen molar-refractivity contribution in [1.29, 1.82) is 0 Å². The van der Waals surface area contributed by atoms with Gasteiger partial charge in [0.2, 0.25) is 0 Å². The van der Waals surface area contributed by atoms with Gasteiger partial charge in [-0.1, -0.05) is 6.07 Å². The molecule has 1 heterocycles. The zero-order chi connectivity index (χ0) is 13.3. The number of nitrogens with one attached hydrogen (secondary N) is 1. The van der Waals surface area contributed by atoms with Crippen molar-refractivity contribution >= 4 is 11.7 Å². The number of carboxylic acids is 1. The Kier molecular flexibility index (Phi) is 3.26. The molecule has 2 rings (SSSR count). The third kappa shape index (κ3) is 2.18. The minimum atomic E-state index is -1.27. The van der Waals surface area contributed by atoms with Crippen LogP contribution in [0, 0.1) is 5.82 Å². The number of anilines is 1. The molecule has 2 atom stereocenters. The van der Waals surface area contributed by atoms with Gasteiger partial charge in [0.25, 0.3) is 0 Å². The number of aromatic carboxylic acids is 1. The second-order valence-electron chi connectivity index (χ2n) is 4.77. The SMILES string of the molecule is CC1OCCC1(C)Nc1cccc(F)c1C(=O)O. The predicted octanol–water partition coefficient (Wildman–Crippen LogP) is 2.50. The van der Waals surface area contributed by atoms with Gasteiger partial charge in [0.1, 0.15) is 11.4 Å². The fourth-order valence-electron chi connectivity index (χ4n) is 2.15. The Morgan fingerprint density at radius 1 is 1.61 bits per heavy atom. The van der Waals surface area contributed by atoms with Crippen LogP contribution < -0.4 is 5.32 Å². The number of ether oxygens (including phenoxy) is 1. The summed E-state index contributed by atoms with van der Waals surface area (Å²) in [6.45, 7) is 4.48. The van der Waals surface area contributed by atoms with E-state index < -0.39 is 11.8 Å². The summed E-state index contributed by atoms with van der Waals surface area (Å²) in [6.07, 6.45) is 0.700. The summed E-state index contributed by atoms with van der Waals surface area (Å²) >= 11 is 0. The summed E-state index contributed by atoms with van der Waals surface area (Å²) in [6, 6.07) is 4.21. The van der Waals surface area contributed by atoms with Gasteiger partial charge in [0.15, 0.2) is 0 Å². The van der Waals surface area contributed by atoms with Gasteiger partial charge in [-0.3, -0.25) is 0 Å². The van der Waals surface area contributed by atoms with Gasteiger partial charge in [0.05, 0.1) is 17.3 Å². The number of halogens is 1. The van der Waals surface area contributed by atoms with Crippen molar-refractivity contribution in [2.45, 2.75) is 31.9 Å². The Bertz CT molecular complexity index is 477. The molecule has 4 nitrogen and oxygen atoms in total. The lowest BCUT2D eigenvalue weighted by molar-refractivity contribution is 0.0692. The molecular weight excluding hydrogens is 237 g/mol. The van der Waals surface area contributed by atoms with Crippen molar-refractivity contribution in [2.24, 2.45) is 0 Å². The average molecular weight is 253 g/mol. The largest absolute Gasteiger partial charge is 0.478 e. The van der Waals surface area contributed by atoms with Crippen LogP contribution >= 0.6 is 0 Å². The second kappa shape index (κ2) is 4.57. The Hall–Kier alpha value is -1.62. The number of benzene rings is 1. The highest BCUT2D eigenvalue weighted by Crippen LogP contribution is 2.31. The van der Waals surface area contributed by atoms with E-state index in [1.54, 1.807) is 6.07 Å². The standard InChI is InChI=1S/C13H16FNO3/c1-8-13(2,6-7-18-8)15-10-5-3-4-9(14)11(10)12(16)17/h3-5,8,15H,6-7H2,1-2H3,(H,16,17). The lowest BCUT2D eigenvalue weighted by atomic mass is 9.93. The molecule has 0 amide bonds. The monoisotopic (exact) mass is 253 g/mol. The molecule has 1 saturated heterocycles. The lowest BCUT2D eigenvalue weighted by Gasteiger charge is -2.30. The third-order valence-corrected chi connectivity index (χ3v) is 3.53. The van der Waals surface area contributed by atoms with Gasteiger partial charge in [-0.15, -0.1) is 0 Å².